The third-order valence-corrected chi connectivity index (χ3v) is 2.64. The number of hydrogen-bond donors (Lipinski definition) is 2. The summed E-state index contributed by atoms with van der Waals surface area (Å²) in [5, 5.41) is 4.12. The van der Waals surface area contributed by atoms with Gasteiger partial charge in [0.1, 0.15) is 17.6 Å². The lowest BCUT2D eigenvalue weighted by molar-refractivity contribution is 0.415. The zero-order chi connectivity index (χ0) is 11.5. The second-order valence-electron chi connectivity index (χ2n) is 3.64. The fraction of sp³-hybridized carbons (Fsp3) is 0.364. The molecule has 0 bridgehead atoms. The number of hydrogen-bond acceptors (Lipinski definition) is 4. The summed E-state index contributed by atoms with van der Waals surface area (Å²) in [4.78, 5) is 0. The number of aromatic nitrogens is 2. The van der Waals surface area contributed by atoms with E-state index in [1.165, 1.54) is 0 Å². The van der Waals surface area contributed by atoms with Gasteiger partial charge in [0.2, 0.25) is 0 Å². The molecule has 0 aliphatic rings. The predicted molar refractivity (Wildman–Crippen MR) is 60.5 cm³/mol. The van der Waals surface area contributed by atoms with E-state index in [-0.39, 0.29) is 6.04 Å². The van der Waals surface area contributed by atoms with Gasteiger partial charge in [-0.3, -0.25) is 10.5 Å². The van der Waals surface area contributed by atoms with Crippen LogP contribution in [-0.2, 0) is 13.5 Å². The maximum absolute atomic E-state index is 5.68. The van der Waals surface area contributed by atoms with Crippen molar-refractivity contribution in [2.24, 2.45) is 12.9 Å². The van der Waals surface area contributed by atoms with Crippen LogP contribution in [0.2, 0.25) is 0 Å². The van der Waals surface area contributed by atoms with Crippen LogP contribution in [0, 0.1) is 0 Å². The number of nitrogens with zero attached hydrogens (tertiary/aromatic N) is 2. The van der Waals surface area contributed by atoms with E-state index in [1.807, 2.05) is 25.2 Å². The molecule has 1 unspecified atom stereocenters. The van der Waals surface area contributed by atoms with Crippen LogP contribution in [0.3, 0.4) is 0 Å². The highest BCUT2D eigenvalue weighted by atomic mass is 16.3. The molecule has 0 aliphatic heterocycles. The number of aryl methyl sites for hydroxylation is 2. The molecule has 0 saturated carbocycles. The summed E-state index contributed by atoms with van der Waals surface area (Å²) in [5.41, 5.74) is 3.72. The van der Waals surface area contributed by atoms with E-state index in [0.717, 1.165) is 23.6 Å². The smallest absolute Gasteiger partial charge is 0.128 e. The van der Waals surface area contributed by atoms with Crippen molar-refractivity contribution >= 4 is 0 Å². The number of furan rings is 1. The normalized spacial score (nSPS) is 12.9. The number of rotatable bonds is 4. The molecule has 3 N–H and O–H groups in total. The van der Waals surface area contributed by atoms with Gasteiger partial charge in [-0.15, -0.1) is 0 Å². The summed E-state index contributed by atoms with van der Waals surface area (Å²) in [5.74, 6) is 7.33. The van der Waals surface area contributed by atoms with Gasteiger partial charge in [-0.25, -0.2) is 5.43 Å². The minimum Gasteiger partial charge on any atom is -0.464 e. The molecule has 2 aromatic rings. The minimum atomic E-state index is -0.159. The van der Waals surface area contributed by atoms with Crippen molar-refractivity contribution in [3.63, 3.8) is 0 Å². The molecule has 5 nitrogen and oxygen atoms in total. The zero-order valence-corrected chi connectivity index (χ0v) is 9.47. The minimum absolute atomic E-state index is 0.159. The lowest BCUT2D eigenvalue weighted by Gasteiger charge is -2.13. The van der Waals surface area contributed by atoms with Gasteiger partial charge in [-0.1, -0.05) is 6.92 Å². The summed E-state index contributed by atoms with van der Waals surface area (Å²) in [6.07, 6.45) is 2.62. The fourth-order valence-electron chi connectivity index (χ4n) is 1.72. The molecule has 0 fully saturated rings. The standard InChI is InChI=1S/C11H16N4O/c1-3-8-4-5-10(16-8)11(14-12)9-6-7-13-15(9)2/h4-7,11,14H,3,12H2,1-2H3. The van der Waals surface area contributed by atoms with E-state index in [9.17, 15) is 0 Å². The highest BCUT2D eigenvalue weighted by molar-refractivity contribution is 5.21. The average Bonchev–Trinajstić information content (AvgIpc) is 2.90. The van der Waals surface area contributed by atoms with Gasteiger partial charge in [-0.05, 0) is 18.2 Å². The van der Waals surface area contributed by atoms with E-state index in [2.05, 4.69) is 17.4 Å². The molecule has 2 heterocycles. The van der Waals surface area contributed by atoms with Crippen molar-refractivity contribution in [3.05, 3.63) is 41.6 Å². The Bertz CT molecular complexity index is 460. The third kappa shape index (κ3) is 1.87. The van der Waals surface area contributed by atoms with Gasteiger partial charge in [0, 0.05) is 19.7 Å². The molecule has 1 atom stereocenters. The van der Waals surface area contributed by atoms with Crippen LogP contribution >= 0.6 is 0 Å². The first-order chi connectivity index (χ1) is 7.76. The summed E-state index contributed by atoms with van der Waals surface area (Å²) >= 11 is 0. The molecule has 0 amide bonds. The second-order valence-corrected chi connectivity index (χ2v) is 3.64. The van der Waals surface area contributed by atoms with Crippen LogP contribution in [0.25, 0.3) is 0 Å². The molecule has 2 rings (SSSR count). The lowest BCUT2D eigenvalue weighted by atomic mass is 10.1. The summed E-state index contributed by atoms with van der Waals surface area (Å²) in [6, 6.07) is 5.67. The van der Waals surface area contributed by atoms with Crippen LogP contribution in [0.5, 0.6) is 0 Å². The van der Waals surface area contributed by atoms with E-state index >= 15 is 0 Å². The largest absolute Gasteiger partial charge is 0.464 e. The molecular weight excluding hydrogens is 204 g/mol. The monoisotopic (exact) mass is 220 g/mol. The van der Waals surface area contributed by atoms with Crippen LogP contribution < -0.4 is 11.3 Å². The molecule has 0 aliphatic carbocycles. The van der Waals surface area contributed by atoms with Crippen LogP contribution in [0.15, 0.2) is 28.8 Å². The Hall–Kier alpha value is -1.59. The topological polar surface area (TPSA) is 69.0 Å². The van der Waals surface area contributed by atoms with Gasteiger partial charge < -0.3 is 4.42 Å². The quantitative estimate of drug-likeness (QED) is 0.598. The molecule has 2 aromatic heterocycles. The van der Waals surface area contributed by atoms with E-state index in [1.54, 1.807) is 10.9 Å². The van der Waals surface area contributed by atoms with E-state index < -0.39 is 0 Å². The lowest BCUT2D eigenvalue weighted by Crippen LogP contribution is -2.30. The Morgan fingerprint density at radius 1 is 1.50 bits per heavy atom. The molecule has 5 heteroatoms. The van der Waals surface area contributed by atoms with Crippen molar-refractivity contribution in [2.75, 3.05) is 0 Å². The molecule has 0 aromatic carbocycles. The highest BCUT2D eigenvalue weighted by Crippen LogP contribution is 2.22. The summed E-state index contributed by atoms with van der Waals surface area (Å²) in [6.45, 7) is 2.05. The predicted octanol–water partition coefficient (Wildman–Crippen LogP) is 1.13. The van der Waals surface area contributed by atoms with E-state index in [4.69, 9.17) is 10.3 Å². The Balaban J connectivity index is 2.32. The van der Waals surface area contributed by atoms with Gasteiger partial charge in [0.05, 0.1) is 5.69 Å². The van der Waals surface area contributed by atoms with Gasteiger partial charge >= 0.3 is 0 Å². The molecule has 86 valence electrons. The van der Waals surface area contributed by atoms with Crippen molar-refractivity contribution in [3.8, 4) is 0 Å². The first-order valence-corrected chi connectivity index (χ1v) is 5.29. The molecule has 0 radical (unpaired) electrons. The second kappa shape index (κ2) is 4.51. The molecular formula is C11H16N4O. The van der Waals surface area contributed by atoms with Crippen molar-refractivity contribution in [1.29, 1.82) is 0 Å². The maximum atomic E-state index is 5.68. The first kappa shape index (κ1) is 10.9. The van der Waals surface area contributed by atoms with Gasteiger partial charge in [0.25, 0.3) is 0 Å². The van der Waals surface area contributed by atoms with E-state index in [0.29, 0.717) is 0 Å². The third-order valence-electron chi connectivity index (χ3n) is 2.64. The Kier molecular flexibility index (Phi) is 3.07. The Morgan fingerprint density at radius 3 is 2.81 bits per heavy atom. The fourth-order valence-corrected chi connectivity index (χ4v) is 1.72. The average molecular weight is 220 g/mol. The Labute approximate surface area is 94.2 Å². The van der Waals surface area contributed by atoms with Crippen molar-refractivity contribution in [1.82, 2.24) is 15.2 Å². The molecule has 0 spiro atoms. The summed E-state index contributed by atoms with van der Waals surface area (Å²) in [7, 11) is 1.88. The van der Waals surface area contributed by atoms with Gasteiger partial charge in [-0.2, -0.15) is 5.10 Å². The molecule has 0 saturated heterocycles. The zero-order valence-electron chi connectivity index (χ0n) is 9.47. The van der Waals surface area contributed by atoms with Crippen molar-refractivity contribution in [2.45, 2.75) is 19.4 Å². The molecule has 16 heavy (non-hydrogen) atoms. The SMILES string of the molecule is CCc1ccc(C(NN)c2ccnn2C)o1. The number of hydrazine groups is 1. The van der Waals surface area contributed by atoms with Crippen molar-refractivity contribution < 1.29 is 4.42 Å². The van der Waals surface area contributed by atoms with Crippen LogP contribution in [-0.4, -0.2) is 9.78 Å². The van der Waals surface area contributed by atoms with Crippen LogP contribution in [0.1, 0.15) is 30.2 Å². The number of nitrogens with two attached hydrogens (primary N) is 1. The number of nitrogens with one attached hydrogen (secondary N) is 1. The van der Waals surface area contributed by atoms with Crippen LogP contribution in [0.4, 0.5) is 0 Å². The maximum Gasteiger partial charge on any atom is 0.128 e. The van der Waals surface area contributed by atoms with Gasteiger partial charge in [0.15, 0.2) is 0 Å². The highest BCUT2D eigenvalue weighted by Gasteiger charge is 2.18. The summed E-state index contributed by atoms with van der Waals surface area (Å²) < 4.78 is 7.46. The Morgan fingerprint density at radius 2 is 2.31 bits per heavy atom. The first-order valence-electron chi connectivity index (χ1n) is 5.29.